The van der Waals surface area contributed by atoms with E-state index in [-0.39, 0.29) is 18.2 Å². The smallest absolute Gasteiger partial charge is 0.184 e. The molecule has 74 valence electrons. The summed E-state index contributed by atoms with van der Waals surface area (Å²) in [6, 6.07) is 0. The minimum Gasteiger partial charge on any atom is -0.349 e. The minimum atomic E-state index is -0.364. The Labute approximate surface area is 78.7 Å². The summed E-state index contributed by atoms with van der Waals surface area (Å²) < 4.78 is 10.7. The maximum Gasteiger partial charge on any atom is 0.184 e. The number of rotatable bonds is 4. The first-order valence-electron chi connectivity index (χ1n) is 4.73. The molecular formula is C10H16O3. The third-order valence-electron chi connectivity index (χ3n) is 1.94. The van der Waals surface area contributed by atoms with Gasteiger partial charge < -0.3 is 9.47 Å². The molecule has 0 aromatic carbocycles. The van der Waals surface area contributed by atoms with Gasteiger partial charge in [0.15, 0.2) is 12.1 Å². The van der Waals surface area contributed by atoms with Crippen molar-refractivity contribution in [1.29, 1.82) is 0 Å². The van der Waals surface area contributed by atoms with Gasteiger partial charge in [-0.2, -0.15) is 0 Å². The molecule has 0 amide bonds. The van der Waals surface area contributed by atoms with Crippen molar-refractivity contribution in [3.8, 4) is 0 Å². The van der Waals surface area contributed by atoms with Crippen LogP contribution in [0.4, 0.5) is 0 Å². The summed E-state index contributed by atoms with van der Waals surface area (Å²) in [6.45, 7) is 4.53. The second-order valence-electron chi connectivity index (χ2n) is 3.13. The number of carbonyl (C=O) groups excluding carboxylic acids is 1. The van der Waals surface area contributed by atoms with Crippen molar-refractivity contribution >= 4 is 5.78 Å². The zero-order valence-corrected chi connectivity index (χ0v) is 8.16. The highest BCUT2D eigenvalue weighted by atomic mass is 16.7. The Morgan fingerprint density at radius 3 is 3.00 bits per heavy atom. The predicted molar refractivity (Wildman–Crippen MR) is 49.3 cm³/mol. The molecule has 3 nitrogen and oxygen atoms in total. The van der Waals surface area contributed by atoms with E-state index in [0.717, 1.165) is 12.8 Å². The van der Waals surface area contributed by atoms with Crippen LogP contribution < -0.4 is 0 Å². The van der Waals surface area contributed by atoms with Crippen LogP contribution >= 0.6 is 0 Å². The number of ether oxygens (including phenoxy) is 2. The summed E-state index contributed by atoms with van der Waals surface area (Å²) in [4.78, 5) is 11.0. The highest BCUT2D eigenvalue weighted by molar-refractivity contribution is 5.93. The number of ketones is 1. The van der Waals surface area contributed by atoms with E-state index in [9.17, 15) is 4.79 Å². The largest absolute Gasteiger partial charge is 0.349 e. The Balaban J connectivity index is 2.28. The van der Waals surface area contributed by atoms with Gasteiger partial charge in [0.1, 0.15) is 6.10 Å². The summed E-state index contributed by atoms with van der Waals surface area (Å²) in [6.07, 6.45) is 4.62. The van der Waals surface area contributed by atoms with E-state index in [1.165, 1.54) is 6.08 Å². The van der Waals surface area contributed by atoms with Crippen molar-refractivity contribution in [3.05, 3.63) is 12.2 Å². The van der Waals surface area contributed by atoms with Crippen LogP contribution in [0, 0.1) is 0 Å². The van der Waals surface area contributed by atoms with Gasteiger partial charge in [-0.1, -0.05) is 13.3 Å². The Bertz CT molecular complexity index is 198. The third kappa shape index (κ3) is 3.28. The maximum atomic E-state index is 11.0. The Hall–Kier alpha value is -0.670. The van der Waals surface area contributed by atoms with E-state index < -0.39 is 0 Å². The zero-order chi connectivity index (χ0) is 9.68. The minimum absolute atomic E-state index is 0.00958. The number of hydrogen-bond donors (Lipinski definition) is 0. The lowest BCUT2D eigenvalue weighted by Gasteiger charge is -2.22. The van der Waals surface area contributed by atoms with Crippen molar-refractivity contribution in [2.45, 2.75) is 39.1 Å². The van der Waals surface area contributed by atoms with Crippen LogP contribution in [-0.2, 0) is 14.3 Å². The lowest BCUT2D eigenvalue weighted by Crippen LogP contribution is -2.30. The molecule has 2 unspecified atom stereocenters. The number of unbranched alkanes of at least 4 members (excludes halogenated alkanes) is 1. The van der Waals surface area contributed by atoms with Gasteiger partial charge in [0.2, 0.25) is 0 Å². The third-order valence-corrected chi connectivity index (χ3v) is 1.94. The quantitative estimate of drug-likeness (QED) is 0.623. The van der Waals surface area contributed by atoms with E-state index in [1.54, 1.807) is 13.0 Å². The standard InChI is InChI=1S/C10H16O3/c1-3-4-7-12-10-6-5-9(11)8(2)13-10/h5-6,8,10H,3-4,7H2,1-2H3. The first-order chi connectivity index (χ1) is 6.24. The van der Waals surface area contributed by atoms with Crippen LogP contribution in [0.15, 0.2) is 12.2 Å². The van der Waals surface area contributed by atoms with Crippen molar-refractivity contribution in [2.75, 3.05) is 6.61 Å². The molecule has 0 spiro atoms. The van der Waals surface area contributed by atoms with Gasteiger partial charge in [0.05, 0.1) is 6.61 Å². The first kappa shape index (κ1) is 10.4. The van der Waals surface area contributed by atoms with Gasteiger partial charge in [-0.3, -0.25) is 4.79 Å². The fourth-order valence-corrected chi connectivity index (χ4v) is 1.06. The van der Waals surface area contributed by atoms with E-state index in [0.29, 0.717) is 6.61 Å². The normalized spacial score (nSPS) is 28.0. The Morgan fingerprint density at radius 1 is 1.62 bits per heavy atom. The van der Waals surface area contributed by atoms with Gasteiger partial charge in [-0.25, -0.2) is 0 Å². The summed E-state index contributed by atoms with van der Waals surface area (Å²) in [5.41, 5.74) is 0. The lowest BCUT2D eigenvalue weighted by molar-refractivity contribution is -0.159. The molecule has 1 rings (SSSR count). The predicted octanol–water partition coefficient (Wildman–Crippen LogP) is 1.67. The highest BCUT2D eigenvalue weighted by Crippen LogP contribution is 2.10. The molecule has 1 aliphatic heterocycles. The summed E-state index contributed by atoms with van der Waals surface area (Å²) >= 11 is 0. The molecule has 0 bridgehead atoms. The molecule has 0 aliphatic carbocycles. The molecule has 1 heterocycles. The molecule has 0 saturated heterocycles. The molecule has 0 saturated carbocycles. The van der Waals surface area contributed by atoms with Crippen molar-refractivity contribution < 1.29 is 14.3 Å². The summed E-state index contributed by atoms with van der Waals surface area (Å²) in [5.74, 6) is 0.00958. The molecular weight excluding hydrogens is 168 g/mol. The fourth-order valence-electron chi connectivity index (χ4n) is 1.06. The summed E-state index contributed by atoms with van der Waals surface area (Å²) in [7, 11) is 0. The van der Waals surface area contributed by atoms with Crippen LogP contribution in [0.25, 0.3) is 0 Å². The zero-order valence-electron chi connectivity index (χ0n) is 8.16. The van der Waals surface area contributed by atoms with Crippen LogP contribution in [0.2, 0.25) is 0 Å². The Kier molecular flexibility index (Phi) is 4.12. The SMILES string of the molecule is CCCCOC1C=CC(=O)C(C)O1. The van der Waals surface area contributed by atoms with E-state index in [2.05, 4.69) is 6.92 Å². The fraction of sp³-hybridized carbons (Fsp3) is 0.700. The lowest BCUT2D eigenvalue weighted by atomic mass is 10.2. The molecule has 1 aliphatic rings. The first-order valence-corrected chi connectivity index (χ1v) is 4.73. The second-order valence-corrected chi connectivity index (χ2v) is 3.13. The van der Waals surface area contributed by atoms with Gasteiger partial charge in [0.25, 0.3) is 0 Å². The van der Waals surface area contributed by atoms with Crippen LogP contribution in [0.3, 0.4) is 0 Å². The maximum absolute atomic E-state index is 11.0. The van der Waals surface area contributed by atoms with E-state index >= 15 is 0 Å². The molecule has 0 radical (unpaired) electrons. The molecule has 0 N–H and O–H groups in total. The van der Waals surface area contributed by atoms with Crippen molar-refractivity contribution in [1.82, 2.24) is 0 Å². The van der Waals surface area contributed by atoms with E-state index in [4.69, 9.17) is 9.47 Å². The van der Waals surface area contributed by atoms with Gasteiger partial charge >= 0.3 is 0 Å². The van der Waals surface area contributed by atoms with Crippen LogP contribution in [0.5, 0.6) is 0 Å². The number of hydrogen-bond acceptors (Lipinski definition) is 3. The second kappa shape index (κ2) is 5.14. The average Bonchev–Trinajstić information content (AvgIpc) is 2.12. The molecule has 13 heavy (non-hydrogen) atoms. The topological polar surface area (TPSA) is 35.5 Å². The number of carbonyl (C=O) groups is 1. The average molecular weight is 184 g/mol. The Morgan fingerprint density at radius 2 is 2.38 bits per heavy atom. The molecule has 3 heteroatoms. The van der Waals surface area contributed by atoms with Crippen molar-refractivity contribution in [3.63, 3.8) is 0 Å². The van der Waals surface area contributed by atoms with Gasteiger partial charge in [0, 0.05) is 0 Å². The molecule has 0 aromatic rings. The van der Waals surface area contributed by atoms with E-state index in [1.807, 2.05) is 0 Å². The highest BCUT2D eigenvalue weighted by Gasteiger charge is 2.20. The molecule has 2 atom stereocenters. The van der Waals surface area contributed by atoms with Crippen LogP contribution in [-0.4, -0.2) is 24.8 Å². The molecule has 0 aromatic heterocycles. The van der Waals surface area contributed by atoms with Gasteiger partial charge in [-0.15, -0.1) is 0 Å². The monoisotopic (exact) mass is 184 g/mol. The van der Waals surface area contributed by atoms with Gasteiger partial charge in [-0.05, 0) is 25.5 Å². The summed E-state index contributed by atoms with van der Waals surface area (Å²) in [5, 5.41) is 0. The van der Waals surface area contributed by atoms with Crippen molar-refractivity contribution in [2.24, 2.45) is 0 Å². The van der Waals surface area contributed by atoms with Crippen LogP contribution in [0.1, 0.15) is 26.7 Å². The molecule has 0 fully saturated rings.